The van der Waals surface area contributed by atoms with Crippen LogP contribution in [0.2, 0.25) is 0 Å². The molecule has 0 bridgehead atoms. The lowest BCUT2D eigenvalue weighted by Crippen LogP contribution is -2.57. The van der Waals surface area contributed by atoms with Crippen molar-refractivity contribution >= 4 is 29.8 Å². The van der Waals surface area contributed by atoms with Gasteiger partial charge in [0.1, 0.15) is 17.7 Å². The second-order valence-corrected chi connectivity index (χ2v) is 11.3. The van der Waals surface area contributed by atoms with Crippen molar-refractivity contribution in [3.05, 3.63) is 12.2 Å². The van der Waals surface area contributed by atoms with Gasteiger partial charge in [-0.25, -0.2) is 9.59 Å². The summed E-state index contributed by atoms with van der Waals surface area (Å²) in [5, 5.41) is 11.0. The van der Waals surface area contributed by atoms with Gasteiger partial charge < -0.3 is 30.7 Å². The van der Waals surface area contributed by atoms with Gasteiger partial charge in [0, 0.05) is 24.6 Å². The highest BCUT2D eigenvalue weighted by molar-refractivity contribution is 5.92. The zero-order valence-corrected chi connectivity index (χ0v) is 24.0. The number of ether oxygens (including phenoxy) is 2. The molecule has 4 amide bonds. The Morgan fingerprint density at radius 1 is 1.05 bits per heavy atom. The average Bonchev–Trinajstić information content (AvgIpc) is 3.17. The largest absolute Gasteiger partial charge is 0.463 e. The number of hydrogen-bond donors (Lipinski definition) is 4. The topological polar surface area (TPSA) is 152 Å². The number of amides is 4. The van der Waals surface area contributed by atoms with Gasteiger partial charge in [0.2, 0.25) is 17.7 Å². The number of rotatable bonds is 13. The molecule has 216 valence electrons. The van der Waals surface area contributed by atoms with Crippen LogP contribution in [0.1, 0.15) is 74.7 Å². The molecule has 1 aliphatic rings. The van der Waals surface area contributed by atoms with E-state index >= 15 is 0 Å². The van der Waals surface area contributed by atoms with E-state index in [1.807, 2.05) is 13.8 Å². The Hall–Kier alpha value is -3.11. The maximum atomic E-state index is 13.4. The summed E-state index contributed by atoms with van der Waals surface area (Å²) in [6.07, 6.45) is 3.28. The molecule has 0 aromatic rings. The highest BCUT2D eigenvalue weighted by atomic mass is 16.6. The Morgan fingerprint density at radius 3 is 2.21 bits per heavy atom. The summed E-state index contributed by atoms with van der Waals surface area (Å²) in [4.78, 5) is 62.9. The molecule has 4 unspecified atom stereocenters. The van der Waals surface area contributed by atoms with Gasteiger partial charge in [-0.15, -0.1) is 0 Å². The molecule has 38 heavy (non-hydrogen) atoms. The van der Waals surface area contributed by atoms with E-state index in [1.165, 1.54) is 12.2 Å². The normalized spacial score (nSPS) is 18.1. The van der Waals surface area contributed by atoms with Crippen LogP contribution in [0.5, 0.6) is 0 Å². The molecule has 0 radical (unpaired) electrons. The van der Waals surface area contributed by atoms with Crippen molar-refractivity contribution < 1.29 is 33.4 Å². The van der Waals surface area contributed by atoms with Crippen LogP contribution in [0.15, 0.2) is 12.2 Å². The number of alkyl carbamates (subject to hydrolysis) is 1. The number of carbonyl (C=O) groups is 5. The van der Waals surface area contributed by atoms with Crippen molar-refractivity contribution in [1.82, 2.24) is 21.3 Å². The molecular formula is C27H46N4O7. The highest BCUT2D eigenvalue weighted by Gasteiger charge is 2.32. The molecule has 11 nitrogen and oxygen atoms in total. The first-order chi connectivity index (χ1) is 17.6. The van der Waals surface area contributed by atoms with E-state index in [2.05, 4.69) is 21.3 Å². The monoisotopic (exact) mass is 538 g/mol. The van der Waals surface area contributed by atoms with Gasteiger partial charge in [-0.2, -0.15) is 0 Å². The van der Waals surface area contributed by atoms with Gasteiger partial charge in [-0.3, -0.25) is 14.4 Å². The quantitative estimate of drug-likeness (QED) is 0.207. The van der Waals surface area contributed by atoms with Crippen molar-refractivity contribution in [3.8, 4) is 0 Å². The molecule has 0 aromatic carbocycles. The molecule has 0 aromatic heterocycles. The number of nitrogens with one attached hydrogen (secondary N) is 4. The SMILES string of the molecule is CCOC(=O)C=CC(CC1CCNC1=O)NC(=O)C(CC(C)C)NC(=O)C(NC(=O)OC(C)(C)C)C(C)C. The molecule has 1 aliphatic heterocycles. The van der Waals surface area contributed by atoms with Crippen molar-refractivity contribution in [2.24, 2.45) is 17.8 Å². The van der Waals surface area contributed by atoms with E-state index in [-0.39, 0.29) is 30.3 Å². The molecule has 4 atom stereocenters. The van der Waals surface area contributed by atoms with E-state index in [4.69, 9.17) is 9.47 Å². The third kappa shape index (κ3) is 12.4. The number of esters is 1. The molecule has 1 saturated heterocycles. The van der Waals surface area contributed by atoms with Crippen molar-refractivity contribution in [1.29, 1.82) is 0 Å². The summed E-state index contributed by atoms with van der Waals surface area (Å²) in [6.45, 7) is 15.0. The maximum absolute atomic E-state index is 13.4. The molecule has 0 saturated carbocycles. The van der Waals surface area contributed by atoms with Crippen molar-refractivity contribution in [2.75, 3.05) is 13.2 Å². The van der Waals surface area contributed by atoms with Gasteiger partial charge in [0.05, 0.1) is 6.61 Å². The molecular weight excluding hydrogens is 492 g/mol. The van der Waals surface area contributed by atoms with Crippen LogP contribution in [0, 0.1) is 17.8 Å². The van der Waals surface area contributed by atoms with Crippen LogP contribution in [-0.2, 0) is 28.7 Å². The summed E-state index contributed by atoms with van der Waals surface area (Å²) in [6, 6.07) is -2.46. The summed E-state index contributed by atoms with van der Waals surface area (Å²) in [5.41, 5.74) is -0.732. The summed E-state index contributed by atoms with van der Waals surface area (Å²) in [5.74, 6) is -2.14. The molecule has 1 heterocycles. The lowest BCUT2D eigenvalue weighted by molar-refractivity contribution is -0.137. The Kier molecular flexibility index (Phi) is 13.3. The first kappa shape index (κ1) is 32.9. The second kappa shape index (κ2) is 15.3. The predicted molar refractivity (Wildman–Crippen MR) is 143 cm³/mol. The van der Waals surface area contributed by atoms with Crippen LogP contribution >= 0.6 is 0 Å². The zero-order valence-electron chi connectivity index (χ0n) is 24.0. The molecule has 4 N–H and O–H groups in total. The lowest BCUT2D eigenvalue weighted by Gasteiger charge is -2.28. The lowest BCUT2D eigenvalue weighted by atomic mass is 9.96. The van der Waals surface area contributed by atoms with Crippen LogP contribution in [0.4, 0.5) is 4.79 Å². The smallest absolute Gasteiger partial charge is 0.408 e. The zero-order chi connectivity index (χ0) is 29.0. The third-order valence-corrected chi connectivity index (χ3v) is 5.74. The van der Waals surface area contributed by atoms with Crippen molar-refractivity contribution in [2.45, 2.75) is 98.4 Å². The Bertz CT molecular complexity index is 864. The summed E-state index contributed by atoms with van der Waals surface area (Å²) < 4.78 is 10.2. The van der Waals surface area contributed by atoms with Gasteiger partial charge in [-0.1, -0.05) is 33.8 Å². The summed E-state index contributed by atoms with van der Waals surface area (Å²) in [7, 11) is 0. The molecule has 1 fully saturated rings. The van der Waals surface area contributed by atoms with E-state index in [0.717, 1.165) is 0 Å². The minimum Gasteiger partial charge on any atom is -0.463 e. The van der Waals surface area contributed by atoms with Gasteiger partial charge in [-0.05, 0) is 58.8 Å². The number of carbonyl (C=O) groups excluding carboxylic acids is 5. The maximum Gasteiger partial charge on any atom is 0.408 e. The second-order valence-electron chi connectivity index (χ2n) is 11.3. The molecule has 0 spiro atoms. The van der Waals surface area contributed by atoms with Crippen LogP contribution in [-0.4, -0.2) is 66.7 Å². The van der Waals surface area contributed by atoms with Crippen molar-refractivity contribution in [3.63, 3.8) is 0 Å². The Balaban J connectivity index is 3.04. The third-order valence-electron chi connectivity index (χ3n) is 5.74. The number of hydrogen-bond acceptors (Lipinski definition) is 7. The fraction of sp³-hybridized carbons (Fsp3) is 0.741. The molecule has 1 rings (SSSR count). The van der Waals surface area contributed by atoms with Crippen LogP contribution in [0.25, 0.3) is 0 Å². The molecule has 0 aliphatic carbocycles. The van der Waals surface area contributed by atoms with E-state index in [0.29, 0.717) is 25.8 Å². The molecule has 11 heteroatoms. The minimum absolute atomic E-state index is 0.0662. The van der Waals surface area contributed by atoms with Gasteiger partial charge in [0.15, 0.2) is 0 Å². The van der Waals surface area contributed by atoms with Crippen LogP contribution in [0.3, 0.4) is 0 Å². The Morgan fingerprint density at radius 2 is 1.71 bits per heavy atom. The summed E-state index contributed by atoms with van der Waals surface area (Å²) >= 11 is 0. The highest BCUT2D eigenvalue weighted by Crippen LogP contribution is 2.18. The van der Waals surface area contributed by atoms with Gasteiger partial charge >= 0.3 is 12.1 Å². The van der Waals surface area contributed by atoms with Crippen LogP contribution < -0.4 is 21.3 Å². The fourth-order valence-corrected chi connectivity index (χ4v) is 3.96. The van der Waals surface area contributed by atoms with E-state index in [1.54, 1.807) is 41.5 Å². The average molecular weight is 539 g/mol. The fourth-order valence-electron chi connectivity index (χ4n) is 3.96. The minimum atomic E-state index is -0.922. The first-order valence-electron chi connectivity index (χ1n) is 13.4. The van der Waals surface area contributed by atoms with E-state index < -0.39 is 47.6 Å². The first-order valence-corrected chi connectivity index (χ1v) is 13.4. The predicted octanol–water partition coefficient (Wildman–Crippen LogP) is 2.20. The Labute approximate surface area is 226 Å². The standard InChI is InChI=1S/C27H46N4O7/c1-9-37-21(32)11-10-19(15-18-12-13-28-23(18)33)29-24(34)20(14-16(2)3)30-25(35)22(17(4)5)31-26(36)38-27(6,7)8/h10-11,16-20,22H,9,12-15H2,1-8H3,(H,28,33)(H,29,34)(H,30,35)(H,31,36). The van der Waals surface area contributed by atoms with E-state index in [9.17, 15) is 24.0 Å². The van der Waals surface area contributed by atoms with Gasteiger partial charge in [0.25, 0.3) is 0 Å².